The lowest BCUT2D eigenvalue weighted by atomic mass is 9.96. The molecule has 2 heterocycles. The highest BCUT2D eigenvalue weighted by Gasteiger charge is 2.26. The topological polar surface area (TPSA) is 73.9 Å². The van der Waals surface area contributed by atoms with Crippen LogP contribution in [-0.4, -0.2) is 79.8 Å². The molecular formula is C18H32N4O3. The smallest absolute Gasteiger partial charge is 0.317 e. The van der Waals surface area contributed by atoms with Crippen LogP contribution in [0.4, 0.5) is 4.79 Å². The van der Waals surface area contributed by atoms with Gasteiger partial charge in [0.05, 0.1) is 6.10 Å². The van der Waals surface area contributed by atoms with Gasteiger partial charge in [0.2, 0.25) is 5.91 Å². The van der Waals surface area contributed by atoms with Gasteiger partial charge in [0, 0.05) is 32.2 Å². The first-order chi connectivity index (χ1) is 12.2. The first-order valence-corrected chi connectivity index (χ1v) is 9.88. The highest BCUT2D eigenvalue weighted by molar-refractivity contribution is 5.78. The van der Waals surface area contributed by atoms with E-state index in [0.717, 1.165) is 38.8 Å². The van der Waals surface area contributed by atoms with E-state index in [4.69, 9.17) is 4.74 Å². The lowest BCUT2D eigenvalue weighted by Gasteiger charge is -2.36. The number of amides is 3. The van der Waals surface area contributed by atoms with E-state index in [9.17, 15) is 9.59 Å². The molecule has 0 atom stereocenters. The Morgan fingerprint density at radius 3 is 2.24 bits per heavy atom. The molecule has 2 N–H and O–H groups in total. The van der Waals surface area contributed by atoms with Gasteiger partial charge in [-0.25, -0.2) is 4.79 Å². The second kappa shape index (κ2) is 9.38. The Bertz CT molecular complexity index is 440. The van der Waals surface area contributed by atoms with Crippen molar-refractivity contribution >= 4 is 11.9 Å². The van der Waals surface area contributed by atoms with Crippen molar-refractivity contribution in [1.29, 1.82) is 0 Å². The van der Waals surface area contributed by atoms with Gasteiger partial charge in [0.15, 0.2) is 0 Å². The van der Waals surface area contributed by atoms with Crippen LogP contribution >= 0.6 is 0 Å². The number of piperidine rings is 1. The van der Waals surface area contributed by atoms with Crippen LogP contribution in [0.25, 0.3) is 0 Å². The summed E-state index contributed by atoms with van der Waals surface area (Å²) >= 11 is 0. The summed E-state index contributed by atoms with van der Waals surface area (Å²) in [4.78, 5) is 28.3. The van der Waals surface area contributed by atoms with Crippen LogP contribution in [0.15, 0.2) is 0 Å². The Labute approximate surface area is 150 Å². The van der Waals surface area contributed by atoms with Gasteiger partial charge in [-0.05, 0) is 38.8 Å². The van der Waals surface area contributed by atoms with Crippen molar-refractivity contribution in [2.24, 2.45) is 0 Å². The zero-order valence-corrected chi connectivity index (χ0v) is 15.2. The molecule has 3 amide bonds. The monoisotopic (exact) mass is 352 g/mol. The molecule has 0 aromatic heterocycles. The molecule has 0 radical (unpaired) electrons. The van der Waals surface area contributed by atoms with E-state index in [1.54, 1.807) is 0 Å². The molecule has 0 bridgehead atoms. The molecule has 7 heteroatoms. The van der Waals surface area contributed by atoms with Crippen molar-refractivity contribution in [3.8, 4) is 0 Å². The molecule has 0 spiro atoms. The Hall–Kier alpha value is -1.34. The molecule has 3 rings (SSSR count). The number of carbonyl (C=O) groups is 2. The fourth-order valence-electron chi connectivity index (χ4n) is 3.91. The first kappa shape index (κ1) is 18.5. The van der Waals surface area contributed by atoms with Gasteiger partial charge in [-0.3, -0.25) is 4.79 Å². The van der Waals surface area contributed by atoms with Gasteiger partial charge in [-0.1, -0.05) is 19.3 Å². The number of nitrogens with one attached hydrogen (secondary N) is 2. The molecular weight excluding hydrogens is 320 g/mol. The molecule has 0 aromatic rings. The van der Waals surface area contributed by atoms with Crippen molar-refractivity contribution in [2.45, 2.75) is 57.1 Å². The summed E-state index contributed by atoms with van der Waals surface area (Å²) in [5.41, 5.74) is 0. The standard InChI is InChI=1S/C18H32N4O3/c23-17(14-25-16-6-8-19-9-7-16)21-10-12-22(13-11-21)18(24)20-15-4-2-1-3-5-15/h15-16,19H,1-14H2,(H,20,24). The van der Waals surface area contributed by atoms with Gasteiger partial charge in [0.1, 0.15) is 6.61 Å². The van der Waals surface area contributed by atoms with Crippen molar-refractivity contribution in [3.63, 3.8) is 0 Å². The SMILES string of the molecule is O=C(COC1CCNCC1)N1CCN(C(=O)NC2CCCCC2)CC1. The lowest BCUT2D eigenvalue weighted by molar-refractivity contribution is -0.140. The third kappa shape index (κ3) is 5.57. The Balaban J connectivity index is 1.34. The minimum absolute atomic E-state index is 0.0324. The number of ether oxygens (including phenoxy) is 1. The Kier molecular flexibility index (Phi) is 6.93. The van der Waals surface area contributed by atoms with E-state index in [0.29, 0.717) is 32.2 Å². The number of rotatable bonds is 4. The summed E-state index contributed by atoms with van der Waals surface area (Å²) in [6.45, 7) is 4.52. The van der Waals surface area contributed by atoms with Crippen molar-refractivity contribution in [1.82, 2.24) is 20.4 Å². The summed E-state index contributed by atoms with van der Waals surface area (Å²) < 4.78 is 5.75. The number of urea groups is 1. The first-order valence-electron chi connectivity index (χ1n) is 9.88. The Morgan fingerprint density at radius 2 is 1.56 bits per heavy atom. The van der Waals surface area contributed by atoms with Gasteiger partial charge in [-0.15, -0.1) is 0 Å². The molecule has 2 saturated heterocycles. The molecule has 3 fully saturated rings. The molecule has 142 valence electrons. The maximum atomic E-state index is 12.4. The fraction of sp³-hybridized carbons (Fsp3) is 0.889. The molecule has 0 unspecified atom stereocenters. The molecule has 1 saturated carbocycles. The number of hydrogen-bond donors (Lipinski definition) is 2. The van der Waals surface area contributed by atoms with Crippen LogP contribution in [0, 0.1) is 0 Å². The van der Waals surface area contributed by atoms with Crippen LogP contribution < -0.4 is 10.6 Å². The zero-order chi connectivity index (χ0) is 17.5. The van der Waals surface area contributed by atoms with E-state index < -0.39 is 0 Å². The van der Waals surface area contributed by atoms with E-state index in [1.165, 1.54) is 19.3 Å². The quantitative estimate of drug-likeness (QED) is 0.790. The number of carbonyl (C=O) groups excluding carboxylic acids is 2. The van der Waals surface area contributed by atoms with Crippen LogP contribution in [0.3, 0.4) is 0 Å². The van der Waals surface area contributed by atoms with Gasteiger partial charge in [0.25, 0.3) is 0 Å². The molecule has 25 heavy (non-hydrogen) atoms. The summed E-state index contributed by atoms with van der Waals surface area (Å²) in [7, 11) is 0. The molecule has 3 aliphatic rings. The van der Waals surface area contributed by atoms with E-state index in [-0.39, 0.29) is 24.6 Å². The van der Waals surface area contributed by atoms with Gasteiger partial charge in [-0.2, -0.15) is 0 Å². The maximum Gasteiger partial charge on any atom is 0.317 e. The second-order valence-electron chi connectivity index (χ2n) is 7.41. The third-order valence-electron chi connectivity index (χ3n) is 5.58. The van der Waals surface area contributed by atoms with E-state index in [1.807, 2.05) is 9.80 Å². The Morgan fingerprint density at radius 1 is 0.920 bits per heavy atom. The van der Waals surface area contributed by atoms with Crippen LogP contribution in [0.1, 0.15) is 44.9 Å². The number of piperazine rings is 1. The number of hydrogen-bond acceptors (Lipinski definition) is 4. The summed E-state index contributed by atoms with van der Waals surface area (Å²) in [5.74, 6) is 0.0471. The van der Waals surface area contributed by atoms with E-state index in [2.05, 4.69) is 10.6 Å². The van der Waals surface area contributed by atoms with Crippen LogP contribution in [-0.2, 0) is 9.53 Å². The normalized spacial score (nSPS) is 23.5. The van der Waals surface area contributed by atoms with Crippen molar-refractivity contribution in [3.05, 3.63) is 0 Å². The minimum atomic E-state index is 0.0324. The summed E-state index contributed by atoms with van der Waals surface area (Å²) in [6.07, 6.45) is 8.05. The van der Waals surface area contributed by atoms with Crippen molar-refractivity contribution < 1.29 is 14.3 Å². The molecule has 0 aromatic carbocycles. The van der Waals surface area contributed by atoms with E-state index >= 15 is 0 Å². The average Bonchev–Trinajstić information content (AvgIpc) is 2.68. The molecule has 1 aliphatic carbocycles. The highest BCUT2D eigenvalue weighted by atomic mass is 16.5. The minimum Gasteiger partial charge on any atom is -0.368 e. The predicted molar refractivity (Wildman–Crippen MR) is 95.4 cm³/mol. The number of nitrogens with zero attached hydrogens (tertiary/aromatic N) is 2. The summed E-state index contributed by atoms with van der Waals surface area (Å²) in [5, 5.41) is 6.45. The fourth-order valence-corrected chi connectivity index (χ4v) is 3.91. The highest BCUT2D eigenvalue weighted by Crippen LogP contribution is 2.17. The van der Waals surface area contributed by atoms with Crippen molar-refractivity contribution in [2.75, 3.05) is 45.9 Å². The maximum absolute atomic E-state index is 12.4. The zero-order valence-electron chi connectivity index (χ0n) is 15.2. The third-order valence-corrected chi connectivity index (χ3v) is 5.58. The van der Waals surface area contributed by atoms with Gasteiger partial charge < -0.3 is 25.2 Å². The second-order valence-corrected chi connectivity index (χ2v) is 7.41. The molecule has 7 nitrogen and oxygen atoms in total. The van der Waals surface area contributed by atoms with Gasteiger partial charge >= 0.3 is 6.03 Å². The summed E-state index contributed by atoms with van der Waals surface area (Å²) in [6, 6.07) is 0.365. The van der Waals surface area contributed by atoms with Crippen LogP contribution in [0.2, 0.25) is 0 Å². The average molecular weight is 352 g/mol. The lowest BCUT2D eigenvalue weighted by Crippen LogP contribution is -2.55. The largest absolute Gasteiger partial charge is 0.368 e. The molecule has 2 aliphatic heterocycles. The van der Waals surface area contributed by atoms with Crippen LogP contribution in [0.5, 0.6) is 0 Å². The predicted octanol–water partition coefficient (Wildman–Crippen LogP) is 0.942.